The normalized spacial score (nSPS) is 16.2. The summed E-state index contributed by atoms with van der Waals surface area (Å²) in [5, 5.41) is 12.3. The van der Waals surface area contributed by atoms with Crippen molar-refractivity contribution in [1.29, 1.82) is 5.26 Å². The predicted molar refractivity (Wildman–Crippen MR) is 87.2 cm³/mol. The fourth-order valence-electron chi connectivity index (χ4n) is 2.31. The van der Waals surface area contributed by atoms with Gasteiger partial charge in [-0.15, -0.1) is 0 Å². The number of rotatable bonds is 4. The van der Waals surface area contributed by atoms with Gasteiger partial charge in [0.1, 0.15) is 11.6 Å². The lowest BCUT2D eigenvalue weighted by molar-refractivity contribution is -0.128. The van der Waals surface area contributed by atoms with Crippen LogP contribution < -0.4 is 5.32 Å². The van der Waals surface area contributed by atoms with E-state index in [0.717, 1.165) is 25.2 Å². The molecule has 1 aliphatic rings. The molecule has 0 saturated carbocycles. The maximum atomic E-state index is 12.3. The van der Waals surface area contributed by atoms with Gasteiger partial charge in [0.2, 0.25) is 0 Å². The third kappa shape index (κ3) is 4.09. The molecule has 116 valence electrons. The average Bonchev–Trinajstić information content (AvgIpc) is 2.56. The molecule has 5 nitrogen and oxygen atoms in total. The summed E-state index contributed by atoms with van der Waals surface area (Å²) in [4.78, 5) is 16.2. The molecule has 2 rings (SSSR count). The number of hydrogen-bond donors (Lipinski definition) is 1. The third-order valence-corrected chi connectivity index (χ3v) is 3.89. The molecule has 0 unspecified atom stereocenters. The van der Waals surface area contributed by atoms with Crippen molar-refractivity contribution in [2.75, 3.05) is 38.5 Å². The van der Waals surface area contributed by atoms with Crippen molar-refractivity contribution in [3.8, 4) is 6.07 Å². The zero-order valence-electron chi connectivity index (χ0n) is 13.2. The molecule has 22 heavy (non-hydrogen) atoms. The largest absolute Gasteiger partial charge is 0.360 e. The highest BCUT2D eigenvalue weighted by Crippen LogP contribution is 2.11. The zero-order chi connectivity index (χ0) is 15.9. The molecule has 0 bridgehead atoms. The van der Waals surface area contributed by atoms with E-state index < -0.39 is 0 Å². The summed E-state index contributed by atoms with van der Waals surface area (Å²) in [6, 6.07) is 9.96. The van der Waals surface area contributed by atoms with Gasteiger partial charge in [-0.1, -0.05) is 19.1 Å². The van der Waals surface area contributed by atoms with Gasteiger partial charge < -0.3 is 15.1 Å². The van der Waals surface area contributed by atoms with Crippen LogP contribution in [0.5, 0.6) is 0 Å². The number of nitrogens with zero attached hydrogens (tertiary/aromatic N) is 3. The molecule has 1 aliphatic heterocycles. The summed E-state index contributed by atoms with van der Waals surface area (Å²) >= 11 is 0. The minimum atomic E-state index is -0.201. The van der Waals surface area contributed by atoms with Crippen LogP contribution in [0.1, 0.15) is 12.5 Å². The first kappa shape index (κ1) is 16.1. The van der Waals surface area contributed by atoms with E-state index in [1.165, 1.54) is 11.8 Å². The van der Waals surface area contributed by atoms with Crippen LogP contribution in [0.15, 0.2) is 36.0 Å². The molecule has 5 heteroatoms. The van der Waals surface area contributed by atoms with Crippen molar-refractivity contribution < 1.29 is 4.79 Å². The van der Waals surface area contributed by atoms with Gasteiger partial charge in [-0.3, -0.25) is 4.79 Å². The number of nitrogens with one attached hydrogen (secondary N) is 1. The van der Waals surface area contributed by atoms with Crippen LogP contribution in [-0.4, -0.2) is 48.9 Å². The van der Waals surface area contributed by atoms with Crippen molar-refractivity contribution in [2.24, 2.45) is 0 Å². The summed E-state index contributed by atoms with van der Waals surface area (Å²) in [7, 11) is 2.03. The Morgan fingerprint density at radius 2 is 1.91 bits per heavy atom. The highest BCUT2D eigenvalue weighted by molar-refractivity contribution is 5.97. The lowest BCUT2D eigenvalue weighted by Crippen LogP contribution is -2.47. The fraction of sp³-hybridized carbons (Fsp3) is 0.412. The van der Waals surface area contributed by atoms with E-state index in [0.29, 0.717) is 13.1 Å². The molecule has 0 radical (unpaired) electrons. The lowest BCUT2D eigenvalue weighted by atomic mass is 10.1. The van der Waals surface area contributed by atoms with E-state index in [4.69, 9.17) is 0 Å². The number of carbonyl (C=O) groups excluding carboxylic acids is 1. The first-order valence-electron chi connectivity index (χ1n) is 7.57. The van der Waals surface area contributed by atoms with Crippen LogP contribution in [-0.2, 0) is 11.2 Å². The quantitative estimate of drug-likeness (QED) is 0.681. The Morgan fingerprint density at radius 3 is 2.45 bits per heavy atom. The smallest absolute Gasteiger partial charge is 0.266 e. The summed E-state index contributed by atoms with van der Waals surface area (Å²) in [6.07, 6.45) is 2.49. The van der Waals surface area contributed by atoms with Gasteiger partial charge in [0, 0.05) is 38.1 Å². The maximum Gasteiger partial charge on any atom is 0.266 e. The SMILES string of the molecule is CCc1ccc(N/C=C(/C#N)C(=O)N2CCN(C)CC2)cc1. The molecule has 0 spiro atoms. The summed E-state index contributed by atoms with van der Waals surface area (Å²) < 4.78 is 0. The zero-order valence-corrected chi connectivity index (χ0v) is 13.2. The third-order valence-electron chi connectivity index (χ3n) is 3.89. The Labute approximate surface area is 131 Å². The molecule has 1 N–H and O–H groups in total. The number of likely N-dealkylation sites (N-methyl/N-ethyl adjacent to an activating group) is 1. The second-order valence-corrected chi connectivity index (χ2v) is 5.46. The molecule has 0 atom stereocenters. The molecule has 1 amide bonds. The Morgan fingerprint density at radius 1 is 1.27 bits per heavy atom. The Kier molecular flexibility index (Phi) is 5.56. The molecular formula is C17H22N4O. The highest BCUT2D eigenvalue weighted by atomic mass is 16.2. The Hall–Kier alpha value is -2.32. The number of benzene rings is 1. The van der Waals surface area contributed by atoms with Gasteiger partial charge in [0.05, 0.1) is 0 Å². The molecule has 1 saturated heterocycles. The summed E-state index contributed by atoms with van der Waals surface area (Å²) in [5.74, 6) is -0.201. The van der Waals surface area contributed by atoms with Gasteiger partial charge >= 0.3 is 0 Å². The van der Waals surface area contributed by atoms with E-state index in [9.17, 15) is 10.1 Å². The maximum absolute atomic E-state index is 12.3. The van der Waals surface area contributed by atoms with Crippen LogP contribution >= 0.6 is 0 Å². The fourth-order valence-corrected chi connectivity index (χ4v) is 2.31. The first-order chi connectivity index (χ1) is 10.6. The number of carbonyl (C=O) groups is 1. The van der Waals surface area contributed by atoms with Gasteiger partial charge in [-0.05, 0) is 31.2 Å². The Bertz CT molecular complexity index is 578. The molecule has 0 aliphatic carbocycles. The van der Waals surface area contributed by atoms with E-state index in [-0.39, 0.29) is 11.5 Å². The number of anilines is 1. The summed E-state index contributed by atoms with van der Waals surface area (Å²) in [6.45, 7) is 5.12. The molecule has 1 heterocycles. The van der Waals surface area contributed by atoms with Crippen LogP contribution in [0.3, 0.4) is 0 Å². The van der Waals surface area contributed by atoms with Crippen molar-refractivity contribution in [3.63, 3.8) is 0 Å². The van der Waals surface area contributed by atoms with Crippen LogP contribution in [0.25, 0.3) is 0 Å². The lowest BCUT2D eigenvalue weighted by Gasteiger charge is -2.32. The molecule has 1 aromatic rings. The number of aryl methyl sites for hydroxylation is 1. The van der Waals surface area contributed by atoms with Gasteiger partial charge in [0.25, 0.3) is 5.91 Å². The molecule has 1 fully saturated rings. The van der Waals surface area contributed by atoms with Crippen molar-refractivity contribution in [1.82, 2.24) is 9.80 Å². The van der Waals surface area contributed by atoms with E-state index in [2.05, 4.69) is 17.1 Å². The standard InChI is InChI=1S/C17H22N4O/c1-3-14-4-6-16(7-5-14)19-13-15(12-18)17(22)21-10-8-20(2)9-11-21/h4-7,13,19H,3,8-11H2,1-2H3/b15-13-. The highest BCUT2D eigenvalue weighted by Gasteiger charge is 2.21. The minimum Gasteiger partial charge on any atom is -0.360 e. The van der Waals surface area contributed by atoms with E-state index in [1.807, 2.05) is 37.4 Å². The topological polar surface area (TPSA) is 59.4 Å². The van der Waals surface area contributed by atoms with Gasteiger partial charge in [-0.2, -0.15) is 5.26 Å². The molecule has 1 aromatic carbocycles. The van der Waals surface area contributed by atoms with Crippen LogP contribution in [0, 0.1) is 11.3 Å². The second kappa shape index (κ2) is 7.62. The van der Waals surface area contributed by atoms with Crippen molar-refractivity contribution in [2.45, 2.75) is 13.3 Å². The van der Waals surface area contributed by atoms with E-state index in [1.54, 1.807) is 4.90 Å². The second-order valence-electron chi connectivity index (χ2n) is 5.46. The molecular weight excluding hydrogens is 276 g/mol. The van der Waals surface area contributed by atoms with Gasteiger partial charge in [-0.25, -0.2) is 0 Å². The first-order valence-corrected chi connectivity index (χ1v) is 7.57. The van der Waals surface area contributed by atoms with Gasteiger partial charge in [0.15, 0.2) is 0 Å². The van der Waals surface area contributed by atoms with Crippen LogP contribution in [0.2, 0.25) is 0 Å². The molecule has 0 aromatic heterocycles. The monoisotopic (exact) mass is 298 g/mol. The Balaban J connectivity index is 2.00. The number of hydrogen-bond acceptors (Lipinski definition) is 4. The number of piperazine rings is 1. The van der Waals surface area contributed by atoms with Crippen molar-refractivity contribution in [3.05, 3.63) is 41.6 Å². The van der Waals surface area contributed by atoms with Crippen molar-refractivity contribution >= 4 is 11.6 Å². The minimum absolute atomic E-state index is 0.143. The average molecular weight is 298 g/mol. The predicted octanol–water partition coefficient (Wildman–Crippen LogP) is 1.84. The summed E-state index contributed by atoms with van der Waals surface area (Å²) in [5.41, 5.74) is 2.27. The number of amides is 1. The number of nitriles is 1. The van der Waals surface area contributed by atoms with E-state index >= 15 is 0 Å². The van der Waals surface area contributed by atoms with Crippen LogP contribution in [0.4, 0.5) is 5.69 Å².